The summed E-state index contributed by atoms with van der Waals surface area (Å²) in [7, 11) is 1.55. The number of carbonyl (C=O) groups is 2. The van der Waals surface area contributed by atoms with Crippen molar-refractivity contribution in [3.8, 4) is 11.5 Å². The lowest BCUT2D eigenvalue weighted by Gasteiger charge is -2.14. The summed E-state index contributed by atoms with van der Waals surface area (Å²) in [6, 6.07) is 10.9. The molecule has 130 valence electrons. The summed E-state index contributed by atoms with van der Waals surface area (Å²) in [5, 5.41) is 2.76. The molecule has 2 aromatic carbocycles. The first kappa shape index (κ1) is 17.0. The Balaban J connectivity index is 1.72. The molecule has 5 nitrogen and oxygen atoms in total. The molecular weight excluding hydrogens is 318 g/mol. The van der Waals surface area contributed by atoms with Crippen LogP contribution in [0, 0.1) is 6.92 Å². The van der Waals surface area contributed by atoms with Crippen LogP contribution < -0.4 is 14.8 Å². The average Bonchev–Trinajstić information content (AvgIpc) is 2.90. The van der Waals surface area contributed by atoms with Crippen LogP contribution in [0.15, 0.2) is 36.4 Å². The molecule has 0 bridgehead atoms. The van der Waals surface area contributed by atoms with Crippen molar-refractivity contribution in [1.29, 1.82) is 0 Å². The third kappa shape index (κ3) is 3.36. The molecule has 1 N–H and O–H groups in total. The number of nitrogens with one attached hydrogen (secondary N) is 1. The second-order valence-corrected chi connectivity index (χ2v) is 6.23. The van der Waals surface area contributed by atoms with Crippen molar-refractivity contribution >= 4 is 17.4 Å². The highest BCUT2D eigenvalue weighted by molar-refractivity contribution is 6.04. The van der Waals surface area contributed by atoms with Crippen LogP contribution in [0.4, 0.5) is 5.69 Å². The van der Waals surface area contributed by atoms with Crippen molar-refractivity contribution in [2.24, 2.45) is 0 Å². The zero-order chi connectivity index (χ0) is 18.0. The molecule has 1 aliphatic carbocycles. The minimum Gasteiger partial charge on any atom is -0.495 e. The maximum atomic E-state index is 12.3. The Morgan fingerprint density at radius 2 is 1.96 bits per heavy atom. The third-order valence-electron chi connectivity index (χ3n) is 4.43. The smallest absolute Gasteiger partial charge is 0.262 e. The van der Waals surface area contributed by atoms with Gasteiger partial charge in [-0.3, -0.25) is 9.59 Å². The van der Waals surface area contributed by atoms with Gasteiger partial charge in [0.1, 0.15) is 11.5 Å². The predicted octanol–water partition coefficient (Wildman–Crippen LogP) is 3.71. The van der Waals surface area contributed by atoms with Gasteiger partial charge in [-0.15, -0.1) is 0 Å². The van der Waals surface area contributed by atoms with E-state index in [9.17, 15) is 9.59 Å². The number of hydrogen-bond donors (Lipinski definition) is 1. The Labute approximate surface area is 147 Å². The van der Waals surface area contributed by atoms with E-state index in [0.717, 1.165) is 11.1 Å². The van der Waals surface area contributed by atoms with Gasteiger partial charge in [0.15, 0.2) is 12.4 Å². The second-order valence-electron chi connectivity index (χ2n) is 6.23. The average molecular weight is 339 g/mol. The fourth-order valence-corrected chi connectivity index (χ4v) is 3.31. The van der Waals surface area contributed by atoms with Gasteiger partial charge >= 0.3 is 0 Å². The van der Waals surface area contributed by atoms with Gasteiger partial charge in [-0.1, -0.05) is 25.1 Å². The summed E-state index contributed by atoms with van der Waals surface area (Å²) >= 11 is 0. The van der Waals surface area contributed by atoms with Crippen LogP contribution >= 0.6 is 0 Å². The van der Waals surface area contributed by atoms with Crippen LogP contribution in [-0.4, -0.2) is 25.4 Å². The molecule has 0 heterocycles. The second kappa shape index (κ2) is 6.97. The maximum Gasteiger partial charge on any atom is 0.262 e. The lowest BCUT2D eigenvalue weighted by molar-refractivity contribution is -0.118. The molecule has 1 aliphatic rings. The molecule has 0 saturated carbocycles. The number of benzene rings is 2. The number of Topliss-reactive ketones (excluding diaryl/α,β-unsaturated/α-hetero) is 1. The Morgan fingerprint density at radius 1 is 1.20 bits per heavy atom. The van der Waals surface area contributed by atoms with E-state index in [2.05, 4.69) is 5.32 Å². The number of carbonyl (C=O) groups excluding carboxylic acids is 2. The van der Waals surface area contributed by atoms with E-state index < -0.39 is 0 Å². The molecule has 5 heteroatoms. The van der Waals surface area contributed by atoms with E-state index in [1.165, 1.54) is 0 Å². The van der Waals surface area contributed by atoms with Crippen LogP contribution in [0.3, 0.4) is 0 Å². The van der Waals surface area contributed by atoms with Gasteiger partial charge in [0.05, 0.1) is 18.4 Å². The first-order valence-corrected chi connectivity index (χ1v) is 8.23. The first-order chi connectivity index (χ1) is 12.0. The van der Waals surface area contributed by atoms with E-state index >= 15 is 0 Å². The number of para-hydroxylation sites is 2. The Bertz CT molecular complexity index is 828. The fraction of sp³-hybridized carbons (Fsp3) is 0.300. The van der Waals surface area contributed by atoms with Gasteiger partial charge in [-0.25, -0.2) is 0 Å². The molecule has 2 aromatic rings. The van der Waals surface area contributed by atoms with E-state index in [1.807, 2.05) is 32.0 Å². The largest absolute Gasteiger partial charge is 0.495 e. The van der Waals surface area contributed by atoms with Crippen LogP contribution in [0.2, 0.25) is 0 Å². The van der Waals surface area contributed by atoms with Gasteiger partial charge in [0.2, 0.25) is 0 Å². The van der Waals surface area contributed by atoms with Gasteiger partial charge < -0.3 is 14.8 Å². The van der Waals surface area contributed by atoms with Crippen molar-refractivity contribution in [3.63, 3.8) is 0 Å². The molecular formula is C20H21NO4. The molecule has 0 spiro atoms. The standard InChI is InChI=1S/C20H21NO4/c1-12-8-9-17(20-15(22)10-13(2)19(12)20)25-11-18(23)21-14-6-4-5-7-16(14)24-3/h4-9,13H,10-11H2,1-3H3,(H,21,23). The summed E-state index contributed by atoms with van der Waals surface area (Å²) in [6.07, 6.45) is 0.490. The van der Waals surface area contributed by atoms with Gasteiger partial charge in [-0.05, 0) is 42.2 Å². The van der Waals surface area contributed by atoms with Gasteiger partial charge in [0, 0.05) is 6.42 Å². The number of aryl methyl sites for hydroxylation is 1. The molecule has 0 radical (unpaired) electrons. The van der Waals surface area contributed by atoms with Crippen molar-refractivity contribution < 1.29 is 19.1 Å². The highest BCUT2D eigenvalue weighted by Crippen LogP contribution is 2.40. The van der Waals surface area contributed by atoms with Crippen molar-refractivity contribution in [1.82, 2.24) is 0 Å². The quantitative estimate of drug-likeness (QED) is 0.902. The summed E-state index contributed by atoms with van der Waals surface area (Å²) in [5.41, 5.74) is 3.32. The molecule has 1 amide bonds. The highest BCUT2D eigenvalue weighted by atomic mass is 16.5. The van der Waals surface area contributed by atoms with E-state index in [-0.39, 0.29) is 24.2 Å². The Morgan fingerprint density at radius 3 is 2.72 bits per heavy atom. The molecule has 25 heavy (non-hydrogen) atoms. The zero-order valence-corrected chi connectivity index (χ0v) is 14.6. The molecule has 0 aromatic heterocycles. The molecule has 1 unspecified atom stereocenters. The zero-order valence-electron chi connectivity index (χ0n) is 14.6. The number of ether oxygens (including phenoxy) is 2. The number of hydrogen-bond acceptors (Lipinski definition) is 4. The lowest BCUT2D eigenvalue weighted by atomic mass is 9.97. The summed E-state index contributed by atoms with van der Waals surface area (Å²) in [5.74, 6) is 1.01. The maximum absolute atomic E-state index is 12.3. The number of amides is 1. The van der Waals surface area contributed by atoms with Crippen LogP contribution in [0.25, 0.3) is 0 Å². The number of rotatable bonds is 5. The first-order valence-electron chi connectivity index (χ1n) is 8.23. The van der Waals surface area contributed by atoms with Crippen molar-refractivity contribution in [2.45, 2.75) is 26.2 Å². The molecule has 0 saturated heterocycles. The van der Waals surface area contributed by atoms with Crippen LogP contribution in [0.1, 0.15) is 40.7 Å². The van der Waals surface area contributed by atoms with E-state index in [4.69, 9.17) is 9.47 Å². The van der Waals surface area contributed by atoms with Crippen LogP contribution in [0.5, 0.6) is 11.5 Å². The summed E-state index contributed by atoms with van der Waals surface area (Å²) in [6.45, 7) is 3.86. The highest BCUT2D eigenvalue weighted by Gasteiger charge is 2.31. The Hall–Kier alpha value is -2.82. The van der Waals surface area contributed by atoms with Crippen molar-refractivity contribution in [2.75, 3.05) is 19.0 Å². The van der Waals surface area contributed by atoms with E-state index in [0.29, 0.717) is 29.2 Å². The fourth-order valence-electron chi connectivity index (χ4n) is 3.31. The lowest BCUT2D eigenvalue weighted by Crippen LogP contribution is -2.21. The molecule has 0 fully saturated rings. The molecule has 1 atom stereocenters. The minimum absolute atomic E-state index is 0.0753. The van der Waals surface area contributed by atoms with Crippen molar-refractivity contribution in [3.05, 3.63) is 53.1 Å². The Kier molecular flexibility index (Phi) is 4.74. The van der Waals surface area contributed by atoms with Gasteiger partial charge in [0.25, 0.3) is 5.91 Å². The SMILES string of the molecule is COc1ccccc1NC(=O)COc1ccc(C)c2c1C(=O)CC2C. The number of ketones is 1. The normalized spacial score (nSPS) is 15.6. The molecule has 3 rings (SSSR count). The number of methoxy groups -OCH3 is 1. The van der Waals surface area contributed by atoms with Crippen LogP contribution in [-0.2, 0) is 4.79 Å². The van der Waals surface area contributed by atoms with Gasteiger partial charge in [-0.2, -0.15) is 0 Å². The predicted molar refractivity (Wildman–Crippen MR) is 95.7 cm³/mol. The van der Waals surface area contributed by atoms with E-state index in [1.54, 1.807) is 25.3 Å². The topological polar surface area (TPSA) is 64.6 Å². The number of fused-ring (bicyclic) bond motifs is 1. The number of anilines is 1. The summed E-state index contributed by atoms with van der Waals surface area (Å²) < 4.78 is 10.9. The monoisotopic (exact) mass is 339 g/mol. The molecule has 0 aliphatic heterocycles. The minimum atomic E-state index is -0.308. The third-order valence-corrected chi connectivity index (χ3v) is 4.43. The summed E-state index contributed by atoms with van der Waals surface area (Å²) in [4.78, 5) is 24.5.